The monoisotopic (exact) mass is 367 g/mol. The van der Waals surface area contributed by atoms with Gasteiger partial charge in [-0.25, -0.2) is 4.79 Å². The number of nitro benzene ring substituents is 2. The molecule has 0 aliphatic rings. The standard InChI is InChI=1S/C16H21N3O7/c1-9(2)7-12(16(21)26-10(3)4)17-15(20)11-5-6-13(18(22)23)14(8-11)19(24)25/h5-6,8-10,12H,7H2,1-4H3,(H,17,20)/t12-/m1/s1. The van der Waals surface area contributed by atoms with Crippen LogP contribution < -0.4 is 5.32 Å². The van der Waals surface area contributed by atoms with Crippen molar-refractivity contribution in [1.29, 1.82) is 0 Å². The van der Waals surface area contributed by atoms with E-state index < -0.39 is 39.1 Å². The maximum absolute atomic E-state index is 12.4. The normalized spacial score (nSPS) is 11.9. The minimum absolute atomic E-state index is 0.0752. The zero-order valence-corrected chi connectivity index (χ0v) is 14.9. The molecule has 0 spiro atoms. The minimum Gasteiger partial charge on any atom is -0.461 e. The maximum Gasteiger partial charge on any atom is 0.346 e. The Bertz CT molecular complexity index is 716. The number of nitrogens with one attached hydrogen (secondary N) is 1. The van der Waals surface area contributed by atoms with Gasteiger partial charge in [0.1, 0.15) is 6.04 Å². The summed E-state index contributed by atoms with van der Waals surface area (Å²) in [6.45, 7) is 7.06. The van der Waals surface area contributed by atoms with Crippen LogP contribution in [-0.4, -0.2) is 33.9 Å². The third-order valence-corrected chi connectivity index (χ3v) is 3.28. The molecule has 1 N–H and O–H groups in total. The van der Waals surface area contributed by atoms with Crippen LogP contribution in [0, 0.1) is 26.1 Å². The average molecular weight is 367 g/mol. The summed E-state index contributed by atoms with van der Waals surface area (Å²) >= 11 is 0. The van der Waals surface area contributed by atoms with E-state index in [1.807, 2.05) is 13.8 Å². The molecule has 0 aliphatic carbocycles. The Labute approximate surface area is 149 Å². The van der Waals surface area contributed by atoms with Crippen LogP contribution in [0.4, 0.5) is 11.4 Å². The summed E-state index contributed by atoms with van der Waals surface area (Å²) in [6.07, 6.45) is -0.0543. The van der Waals surface area contributed by atoms with Crippen LogP contribution in [0.1, 0.15) is 44.5 Å². The van der Waals surface area contributed by atoms with Gasteiger partial charge in [0, 0.05) is 17.7 Å². The largest absolute Gasteiger partial charge is 0.461 e. The molecule has 1 atom stereocenters. The highest BCUT2D eigenvalue weighted by Gasteiger charge is 2.28. The van der Waals surface area contributed by atoms with Gasteiger partial charge >= 0.3 is 17.3 Å². The smallest absolute Gasteiger partial charge is 0.346 e. The molecule has 0 saturated heterocycles. The predicted molar refractivity (Wildman–Crippen MR) is 91.7 cm³/mol. The molecule has 0 fully saturated rings. The second-order valence-electron chi connectivity index (χ2n) is 6.36. The Kier molecular flexibility index (Phi) is 7.17. The molecule has 0 heterocycles. The van der Waals surface area contributed by atoms with Gasteiger partial charge in [0.2, 0.25) is 0 Å². The third kappa shape index (κ3) is 5.80. The summed E-state index contributed by atoms with van der Waals surface area (Å²) in [6, 6.07) is 1.87. The van der Waals surface area contributed by atoms with Crippen molar-refractivity contribution >= 4 is 23.3 Å². The number of esters is 1. The maximum atomic E-state index is 12.4. The van der Waals surface area contributed by atoms with Crippen LogP contribution in [0.5, 0.6) is 0 Å². The molecular formula is C16H21N3O7. The molecule has 142 valence electrons. The minimum atomic E-state index is -0.937. The summed E-state index contributed by atoms with van der Waals surface area (Å²) in [5.74, 6) is -1.29. The van der Waals surface area contributed by atoms with E-state index in [1.54, 1.807) is 13.8 Å². The molecule has 10 nitrogen and oxygen atoms in total. The summed E-state index contributed by atoms with van der Waals surface area (Å²) in [4.78, 5) is 44.5. The molecule has 0 aliphatic heterocycles. The predicted octanol–water partition coefficient (Wildman–Crippen LogP) is 2.60. The Morgan fingerprint density at radius 3 is 2.12 bits per heavy atom. The van der Waals surface area contributed by atoms with Gasteiger partial charge in [0.25, 0.3) is 5.91 Å². The molecule has 0 radical (unpaired) electrons. The number of amides is 1. The average Bonchev–Trinajstić information content (AvgIpc) is 2.52. The molecule has 1 amide bonds. The van der Waals surface area contributed by atoms with E-state index in [0.29, 0.717) is 6.42 Å². The van der Waals surface area contributed by atoms with Crippen LogP contribution in [0.15, 0.2) is 18.2 Å². The SMILES string of the molecule is CC(C)C[C@@H](NC(=O)c1ccc([N+](=O)[O-])c([N+](=O)[O-])c1)C(=O)OC(C)C. The Morgan fingerprint density at radius 1 is 1.08 bits per heavy atom. The highest BCUT2D eigenvalue weighted by atomic mass is 16.6. The van der Waals surface area contributed by atoms with Gasteiger partial charge in [-0.3, -0.25) is 25.0 Å². The second kappa shape index (κ2) is 8.88. The van der Waals surface area contributed by atoms with Crippen molar-refractivity contribution in [3.63, 3.8) is 0 Å². The molecule has 0 unspecified atom stereocenters. The van der Waals surface area contributed by atoms with Crippen molar-refractivity contribution in [2.45, 2.75) is 46.3 Å². The number of ether oxygens (including phenoxy) is 1. The molecule has 10 heteroatoms. The quantitative estimate of drug-likeness (QED) is 0.423. The lowest BCUT2D eigenvalue weighted by atomic mass is 10.0. The number of nitro groups is 2. The number of hydrogen-bond acceptors (Lipinski definition) is 7. The van der Waals surface area contributed by atoms with Gasteiger partial charge in [-0.15, -0.1) is 0 Å². The number of rotatable bonds is 8. The summed E-state index contributed by atoms with van der Waals surface area (Å²) in [5.41, 5.74) is -1.68. The second-order valence-corrected chi connectivity index (χ2v) is 6.36. The van der Waals surface area contributed by atoms with Gasteiger partial charge in [0.15, 0.2) is 0 Å². The van der Waals surface area contributed by atoms with E-state index in [4.69, 9.17) is 4.74 Å². The van der Waals surface area contributed by atoms with Crippen LogP contribution in [0.25, 0.3) is 0 Å². The van der Waals surface area contributed by atoms with Crippen molar-refractivity contribution < 1.29 is 24.2 Å². The topological polar surface area (TPSA) is 142 Å². The Hall–Kier alpha value is -3.04. The van der Waals surface area contributed by atoms with E-state index >= 15 is 0 Å². The molecule has 0 aromatic heterocycles. The number of benzene rings is 1. The van der Waals surface area contributed by atoms with Crippen molar-refractivity contribution in [3.05, 3.63) is 44.0 Å². The first kappa shape index (κ1) is 21.0. The first-order chi connectivity index (χ1) is 12.0. The van der Waals surface area contributed by atoms with Gasteiger partial charge in [-0.2, -0.15) is 0 Å². The highest BCUT2D eigenvalue weighted by molar-refractivity contribution is 5.97. The fourth-order valence-corrected chi connectivity index (χ4v) is 2.21. The molecular weight excluding hydrogens is 346 g/mol. The Balaban J connectivity index is 3.09. The number of hydrogen-bond donors (Lipinski definition) is 1. The number of carbonyl (C=O) groups excluding carboxylic acids is 2. The molecule has 1 aromatic rings. The first-order valence-electron chi connectivity index (χ1n) is 7.97. The fourth-order valence-electron chi connectivity index (χ4n) is 2.21. The number of nitrogens with zero attached hydrogens (tertiary/aromatic N) is 2. The van der Waals surface area contributed by atoms with Gasteiger partial charge in [0.05, 0.1) is 16.0 Å². The highest BCUT2D eigenvalue weighted by Crippen LogP contribution is 2.27. The van der Waals surface area contributed by atoms with E-state index in [0.717, 1.165) is 18.2 Å². The molecule has 1 aromatic carbocycles. The van der Waals surface area contributed by atoms with Crippen molar-refractivity contribution in [1.82, 2.24) is 5.32 Å². The van der Waals surface area contributed by atoms with Crippen molar-refractivity contribution in [2.24, 2.45) is 5.92 Å². The lowest BCUT2D eigenvalue weighted by Gasteiger charge is -2.20. The van der Waals surface area contributed by atoms with Gasteiger partial charge in [-0.05, 0) is 32.3 Å². The van der Waals surface area contributed by atoms with Gasteiger partial charge in [-0.1, -0.05) is 13.8 Å². The van der Waals surface area contributed by atoms with E-state index in [-0.39, 0.29) is 17.6 Å². The molecule has 0 bridgehead atoms. The zero-order chi connectivity index (χ0) is 20.0. The first-order valence-corrected chi connectivity index (χ1v) is 7.97. The summed E-state index contributed by atoms with van der Waals surface area (Å²) in [7, 11) is 0. The van der Waals surface area contributed by atoms with Crippen LogP contribution in [0.3, 0.4) is 0 Å². The molecule has 26 heavy (non-hydrogen) atoms. The lowest BCUT2D eigenvalue weighted by Crippen LogP contribution is -2.43. The molecule has 0 saturated carbocycles. The van der Waals surface area contributed by atoms with Crippen molar-refractivity contribution in [3.8, 4) is 0 Å². The van der Waals surface area contributed by atoms with E-state index in [1.165, 1.54) is 0 Å². The summed E-state index contributed by atoms with van der Waals surface area (Å²) < 4.78 is 5.11. The van der Waals surface area contributed by atoms with Crippen LogP contribution in [0.2, 0.25) is 0 Å². The lowest BCUT2D eigenvalue weighted by molar-refractivity contribution is -0.422. The number of carbonyl (C=O) groups is 2. The summed E-state index contributed by atoms with van der Waals surface area (Å²) in [5, 5.41) is 24.3. The van der Waals surface area contributed by atoms with Gasteiger partial charge < -0.3 is 10.1 Å². The molecule has 1 rings (SSSR count). The Morgan fingerprint density at radius 2 is 1.65 bits per heavy atom. The zero-order valence-electron chi connectivity index (χ0n) is 14.9. The van der Waals surface area contributed by atoms with Crippen LogP contribution >= 0.6 is 0 Å². The van der Waals surface area contributed by atoms with Crippen molar-refractivity contribution in [2.75, 3.05) is 0 Å². The van der Waals surface area contributed by atoms with E-state index in [9.17, 15) is 29.8 Å². The van der Waals surface area contributed by atoms with Crippen LogP contribution in [-0.2, 0) is 9.53 Å². The fraction of sp³-hybridized carbons (Fsp3) is 0.500. The van der Waals surface area contributed by atoms with E-state index in [2.05, 4.69) is 5.32 Å². The third-order valence-electron chi connectivity index (χ3n) is 3.28.